The molecule has 0 unspecified atom stereocenters. The second kappa shape index (κ2) is 5.30. The molecule has 0 spiro atoms. The van der Waals surface area contributed by atoms with Crippen LogP contribution in [0.5, 0.6) is 0 Å². The van der Waals surface area contributed by atoms with E-state index in [4.69, 9.17) is 4.74 Å². The number of carbonyl (C=O) groups is 1. The zero-order chi connectivity index (χ0) is 12.3. The number of hydrogen-bond donors (Lipinski definition) is 0. The van der Waals surface area contributed by atoms with E-state index >= 15 is 0 Å². The quantitative estimate of drug-likeness (QED) is 0.734. The minimum atomic E-state index is -0.539. The summed E-state index contributed by atoms with van der Waals surface area (Å²) < 4.78 is 18.7. The summed E-state index contributed by atoms with van der Waals surface area (Å²) >= 11 is 0. The highest BCUT2D eigenvalue weighted by molar-refractivity contribution is 5.89. The highest BCUT2D eigenvalue weighted by Crippen LogP contribution is 2.26. The lowest BCUT2D eigenvalue weighted by molar-refractivity contribution is 0.0169. The normalized spacial score (nSPS) is 24.4. The summed E-state index contributed by atoms with van der Waals surface area (Å²) in [6.07, 6.45) is 3.89. The van der Waals surface area contributed by atoms with Gasteiger partial charge < -0.3 is 4.74 Å². The van der Waals surface area contributed by atoms with Gasteiger partial charge in [0.1, 0.15) is 11.9 Å². The van der Waals surface area contributed by atoms with Crippen molar-refractivity contribution >= 4 is 5.97 Å². The Labute approximate surface area is 101 Å². The predicted octanol–water partition coefficient (Wildman–Crippen LogP) is 3.56. The Bertz CT molecular complexity index is 395. The monoisotopic (exact) mass is 236 g/mol. The lowest BCUT2D eigenvalue weighted by atomic mass is 9.89. The van der Waals surface area contributed by atoms with Gasteiger partial charge in [-0.25, -0.2) is 9.18 Å². The molecule has 2 rings (SSSR count). The molecule has 0 aliphatic heterocycles. The molecule has 1 aromatic rings. The van der Waals surface area contributed by atoms with Crippen LogP contribution in [-0.2, 0) is 4.74 Å². The van der Waals surface area contributed by atoms with E-state index < -0.39 is 11.8 Å². The van der Waals surface area contributed by atoms with E-state index in [1.165, 1.54) is 12.1 Å². The molecule has 1 aliphatic rings. The SMILES string of the molecule is CC1CCC(OC(=O)c2ccccc2F)CC1. The van der Waals surface area contributed by atoms with E-state index in [9.17, 15) is 9.18 Å². The molecule has 0 atom stereocenters. The van der Waals surface area contributed by atoms with Gasteiger partial charge in [-0.2, -0.15) is 0 Å². The lowest BCUT2D eigenvalue weighted by Gasteiger charge is -2.26. The van der Waals surface area contributed by atoms with E-state index in [-0.39, 0.29) is 11.7 Å². The summed E-state index contributed by atoms with van der Waals surface area (Å²) in [4.78, 5) is 11.8. The average molecular weight is 236 g/mol. The Hall–Kier alpha value is -1.38. The molecule has 0 saturated heterocycles. The molecule has 0 N–H and O–H groups in total. The molecule has 3 heteroatoms. The van der Waals surface area contributed by atoms with Crippen LogP contribution in [0.2, 0.25) is 0 Å². The van der Waals surface area contributed by atoms with E-state index in [1.54, 1.807) is 12.1 Å². The Kier molecular flexibility index (Phi) is 3.77. The van der Waals surface area contributed by atoms with Crippen LogP contribution in [0.3, 0.4) is 0 Å². The molecule has 0 heterocycles. The van der Waals surface area contributed by atoms with E-state index in [1.807, 2.05) is 0 Å². The molecular formula is C14H17FO2. The van der Waals surface area contributed by atoms with Gasteiger partial charge in [0.2, 0.25) is 0 Å². The van der Waals surface area contributed by atoms with Crippen molar-refractivity contribution in [1.82, 2.24) is 0 Å². The summed E-state index contributed by atoms with van der Waals surface area (Å²) in [5.41, 5.74) is 0.0334. The van der Waals surface area contributed by atoms with Gasteiger partial charge in [0.05, 0.1) is 5.56 Å². The first kappa shape index (κ1) is 12.1. The second-order valence-electron chi connectivity index (χ2n) is 4.77. The minimum absolute atomic E-state index is 0.0334. The molecule has 1 fully saturated rings. The average Bonchev–Trinajstić information content (AvgIpc) is 2.32. The maximum atomic E-state index is 13.4. The number of ether oxygens (including phenoxy) is 1. The molecule has 92 valence electrons. The number of hydrogen-bond acceptors (Lipinski definition) is 2. The van der Waals surface area contributed by atoms with Crippen molar-refractivity contribution in [2.45, 2.75) is 38.7 Å². The summed E-state index contributed by atoms with van der Waals surface area (Å²) in [6.45, 7) is 2.20. The largest absolute Gasteiger partial charge is 0.459 e. The number of esters is 1. The highest BCUT2D eigenvalue weighted by Gasteiger charge is 2.23. The van der Waals surface area contributed by atoms with Gasteiger partial charge in [0.15, 0.2) is 0 Å². The standard InChI is InChI=1S/C14H17FO2/c1-10-6-8-11(9-7-10)17-14(16)12-4-2-3-5-13(12)15/h2-5,10-11H,6-9H2,1H3. The van der Waals surface area contributed by atoms with Crippen LogP contribution < -0.4 is 0 Å². The summed E-state index contributed by atoms with van der Waals surface area (Å²) in [7, 11) is 0. The van der Waals surface area contributed by atoms with Gasteiger partial charge in [-0.15, -0.1) is 0 Å². The van der Waals surface area contributed by atoms with Crippen molar-refractivity contribution in [3.8, 4) is 0 Å². The third-order valence-corrected chi connectivity index (χ3v) is 3.33. The fourth-order valence-corrected chi connectivity index (χ4v) is 2.19. The fraction of sp³-hybridized carbons (Fsp3) is 0.500. The summed E-state index contributed by atoms with van der Waals surface area (Å²) in [6, 6.07) is 5.94. The van der Waals surface area contributed by atoms with Crippen molar-refractivity contribution in [1.29, 1.82) is 0 Å². The number of carbonyl (C=O) groups excluding carboxylic acids is 1. The Balaban J connectivity index is 1.96. The van der Waals surface area contributed by atoms with Crippen molar-refractivity contribution < 1.29 is 13.9 Å². The van der Waals surface area contributed by atoms with Gasteiger partial charge in [-0.1, -0.05) is 19.1 Å². The van der Waals surface area contributed by atoms with Gasteiger partial charge in [0, 0.05) is 0 Å². The van der Waals surface area contributed by atoms with E-state index in [2.05, 4.69) is 6.92 Å². The first-order valence-corrected chi connectivity index (χ1v) is 6.12. The van der Waals surface area contributed by atoms with Crippen LogP contribution in [0.25, 0.3) is 0 Å². The van der Waals surface area contributed by atoms with Gasteiger partial charge in [-0.05, 0) is 43.7 Å². The lowest BCUT2D eigenvalue weighted by Crippen LogP contribution is -2.24. The van der Waals surface area contributed by atoms with Crippen LogP contribution in [0.15, 0.2) is 24.3 Å². The third kappa shape index (κ3) is 3.05. The first-order valence-electron chi connectivity index (χ1n) is 6.12. The summed E-state index contributed by atoms with van der Waals surface area (Å²) in [5, 5.41) is 0. The Morgan fingerprint density at radius 3 is 2.53 bits per heavy atom. The van der Waals surface area contributed by atoms with Crippen molar-refractivity contribution in [2.75, 3.05) is 0 Å². The molecule has 0 aromatic heterocycles. The fourth-order valence-electron chi connectivity index (χ4n) is 2.19. The zero-order valence-corrected chi connectivity index (χ0v) is 9.99. The Morgan fingerprint density at radius 2 is 1.88 bits per heavy atom. The molecule has 2 nitrogen and oxygen atoms in total. The summed E-state index contributed by atoms with van der Waals surface area (Å²) in [5.74, 6) is -0.345. The topological polar surface area (TPSA) is 26.3 Å². The van der Waals surface area contributed by atoms with Crippen LogP contribution in [0.4, 0.5) is 4.39 Å². The van der Waals surface area contributed by atoms with Gasteiger partial charge in [-0.3, -0.25) is 0 Å². The molecule has 0 amide bonds. The van der Waals surface area contributed by atoms with Crippen molar-refractivity contribution in [3.05, 3.63) is 35.6 Å². The minimum Gasteiger partial charge on any atom is -0.459 e. The second-order valence-corrected chi connectivity index (χ2v) is 4.77. The number of rotatable bonds is 2. The van der Waals surface area contributed by atoms with Gasteiger partial charge in [0.25, 0.3) is 0 Å². The molecule has 1 aromatic carbocycles. The molecule has 0 radical (unpaired) electrons. The number of halogens is 1. The molecule has 1 saturated carbocycles. The molecule has 1 aliphatic carbocycles. The maximum absolute atomic E-state index is 13.4. The highest BCUT2D eigenvalue weighted by atomic mass is 19.1. The van der Waals surface area contributed by atoms with E-state index in [0.29, 0.717) is 5.92 Å². The maximum Gasteiger partial charge on any atom is 0.341 e. The third-order valence-electron chi connectivity index (χ3n) is 3.33. The predicted molar refractivity (Wildman–Crippen MR) is 63.2 cm³/mol. The molecule has 0 bridgehead atoms. The number of benzene rings is 1. The van der Waals surface area contributed by atoms with Crippen LogP contribution in [0.1, 0.15) is 43.0 Å². The van der Waals surface area contributed by atoms with Crippen LogP contribution in [0, 0.1) is 11.7 Å². The van der Waals surface area contributed by atoms with Crippen molar-refractivity contribution in [2.24, 2.45) is 5.92 Å². The molecular weight excluding hydrogens is 219 g/mol. The van der Waals surface area contributed by atoms with E-state index in [0.717, 1.165) is 25.7 Å². The Morgan fingerprint density at radius 1 is 1.24 bits per heavy atom. The van der Waals surface area contributed by atoms with Crippen LogP contribution in [-0.4, -0.2) is 12.1 Å². The van der Waals surface area contributed by atoms with Crippen LogP contribution >= 0.6 is 0 Å². The smallest absolute Gasteiger partial charge is 0.341 e. The van der Waals surface area contributed by atoms with Gasteiger partial charge >= 0.3 is 5.97 Å². The van der Waals surface area contributed by atoms with Crippen molar-refractivity contribution in [3.63, 3.8) is 0 Å². The molecule has 17 heavy (non-hydrogen) atoms. The zero-order valence-electron chi connectivity index (χ0n) is 9.99. The first-order chi connectivity index (χ1) is 8.16.